The second-order valence-corrected chi connectivity index (χ2v) is 16.7. The molecule has 9 aromatic carbocycles. The van der Waals surface area contributed by atoms with Crippen molar-refractivity contribution < 1.29 is 8.83 Å². The van der Waals surface area contributed by atoms with E-state index in [-0.39, 0.29) is 0 Å². The molecule has 4 heterocycles. The van der Waals surface area contributed by atoms with Gasteiger partial charge in [-0.25, -0.2) is 9.98 Å². The van der Waals surface area contributed by atoms with E-state index in [9.17, 15) is 0 Å². The second kappa shape index (κ2) is 14.3. The predicted molar refractivity (Wildman–Crippen MR) is 263 cm³/mol. The topological polar surface area (TPSA) is 68.0 Å². The number of aromatic nitrogens is 1. The molecule has 0 aliphatic carbocycles. The van der Waals surface area contributed by atoms with Crippen molar-refractivity contribution in [2.75, 3.05) is 0 Å². The summed E-state index contributed by atoms with van der Waals surface area (Å²) in [5.74, 6) is 1.46. The highest BCUT2D eigenvalue weighted by Gasteiger charge is 2.25. The molecule has 3 aromatic heterocycles. The van der Waals surface area contributed by atoms with Crippen LogP contribution < -0.4 is 5.32 Å². The van der Waals surface area contributed by atoms with Crippen molar-refractivity contribution >= 4 is 77.4 Å². The van der Waals surface area contributed by atoms with E-state index in [0.29, 0.717) is 5.84 Å². The van der Waals surface area contributed by atoms with Gasteiger partial charge in [-0.2, -0.15) is 0 Å². The standard InChI is InChI=1S/C58H38N4O2/c1-35-19-21-36(22-20-35)38-25-29-51-47(31-38)45-28-24-41(34-54(45)64-51)57-59-56(37-11-4-2-5-12-37)60-58(61-57)46-16-10-18-53-55(46)48-32-39(26-30-52(48)63-53)40-23-27-44-43-15-8-9-17-49(43)62(50(44)33-40)42-13-6-3-7-14-42/h2-34,58H,1H3,(H,59,60,61). The molecule has 64 heavy (non-hydrogen) atoms. The van der Waals surface area contributed by atoms with Gasteiger partial charge in [0.1, 0.15) is 34.0 Å². The molecule has 1 unspecified atom stereocenters. The van der Waals surface area contributed by atoms with Crippen LogP contribution in [0, 0.1) is 6.92 Å². The van der Waals surface area contributed by atoms with Crippen molar-refractivity contribution in [2.45, 2.75) is 13.1 Å². The van der Waals surface area contributed by atoms with Crippen molar-refractivity contribution in [2.24, 2.45) is 9.98 Å². The molecule has 0 amide bonds. The summed E-state index contributed by atoms with van der Waals surface area (Å²) >= 11 is 0. The van der Waals surface area contributed by atoms with Crippen LogP contribution in [-0.2, 0) is 0 Å². The number of aryl methyl sites for hydroxylation is 1. The van der Waals surface area contributed by atoms with Gasteiger partial charge in [0.05, 0.1) is 11.0 Å². The molecule has 12 aromatic rings. The van der Waals surface area contributed by atoms with Gasteiger partial charge in [-0.05, 0) is 95.9 Å². The van der Waals surface area contributed by atoms with Crippen molar-refractivity contribution in [1.82, 2.24) is 9.88 Å². The maximum atomic E-state index is 6.57. The van der Waals surface area contributed by atoms with Crippen molar-refractivity contribution in [3.8, 4) is 27.9 Å². The van der Waals surface area contributed by atoms with Gasteiger partial charge in [-0.1, -0.05) is 139 Å². The van der Waals surface area contributed by atoms with Crippen LogP contribution in [0.15, 0.2) is 219 Å². The van der Waals surface area contributed by atoms with Crippen LogP contribution in [0.4, 0.5) is 0 Å². The molecular weight excluding hydrogens is 785 g/mol. The number of hydrogen-bond acceptors (Lipinski definition) is 5. The molecule has 0 spiro atoms. The van der Waals surface area contributed by atoms with Crippen molar-refractivity contribution in [3.63, 3.8) is 0 Å². The van der Waals surface area contributed by atoms with E-state index in [1.54, 1.807) is 0 Å². The zero-order valence-corrected chi connectivity index (χ0v) is 34.8. The number of nitrogens with one attached hydrogen (secondary N) is 1. The third kappa shape index (κ3) is 5.87. The maximum Gasteiger partial charge on any atom is 0.170 e. The van der Waals surface area contributed by atoms with Crippen LogP contribution in [0.2, 0.25) is 0 Å². The summed E-state index contributed by atoms with van der Waals surface area (Å²) < 4.78 is 15.4. The smallest absolute Gasteiger partial charge is 0.170 e. The zero-order chi connectivity index (χ0) is 42.3. The fraction of sp³-hybridized carbons (Fsp3) is 0.0345. The lowest BCUT2D eigenvalue weighted by Gasteiger charge is -2.22. The molecule has 0 radical (unpaired) electrons. The average Bonchev–Trinajstić information content (AvgIpc) is 4.03. The Hall–Kier alpha value is -8.48. The predicted octanol–water partition coefficient (Wildman–Crippen LogP) is 14.7. The summed E-state index contributed by atoms with van der Waals surface area (Å²) in [7, 11) is 0. The molecule has 1 aliphatic rings. The summed E-state index contributed by atoms with van der Waals surface area (Å²) in [6.45, 7) is 2.11. The summed E-state index contributed by atoms with van der Waals surface area (Å²) in [6, 6.07) is 70.4. The number of nitrogens with zero attached hydrogens (tertiary/aromatic N) is 3. The van der Waals surface area contributed by atoms with Gasteiger partial charge in [0, 0.05) is 54.7 Å². The molecule has 13 rings (SSSR count). The third-order valence-corrected chi connectivity index (χ3v) is 12.7. The minimum atomic E-state index is -0.555. The molecule has 302 valence electrons. The largest absolute Gasteiger partial charge is 0.456 e. The average molecular weight is 823 g/mol. The Balaban J connectivity index is 0.936. The quantitative estimate of drug-likeness (QED) is 0.182. The van der Waals surface area contributed by atoms with E-state index in [2.05, 4.69) is 187 Å². The fourth-order valence-electron chi connectivity index (χ4n) is 9.58. The van der Waals surface area contributed by atoms with Crippen LogP contribution in [-0.4, -0.2) is 16.2 Å². The summed E-state index contributed by atoms with van der Waals surface area (Å²) in [5, 5.41) is 10.2. The minimum absolute atomic E-state index is 0.555. The van der Waals surface area contributed by atoms with Gasteiger partial charge in [0.25, 0.3) is 0 Å². The van der Waals surface area contributed by atoms with E-state index in [1.807, 2.05) is 30.3 Å². The second-order valence-electron chi connectivity index (χ2n) is 16.7. The van der Waals surface area contributed by atoms with Crippen LogP contribution in [0.3, 0.4) is 0 Å². The van der Waals surface area contributed by atoms with Gasteiger partial charge in [-0.3, -0.25) is 0 Å². The summed E-state index contributed by atoms with van der Waals surface area (Å²) in [5.41, 5.74) is 15.4. The molecule has 0 fully saturated rings. The molecule has 0 saturated heterocycles. The monoisotopic (exact) mass is 822 g/mol. The lowest BCUT2D eigenvalue weighted by Crippen LogP contribution is -2.36. The fourth-order valence-corrected chi connectivity index (χ4v) is 9.58. The number of para-hydroxylation sites is 2. The normalized spacial score (nSPS) is 14.2. The Kier molecular flexibility index (Phi) is 8.09. The first-order chi connectivity index (χ1) is 31.6. The van der Waals surface area contributed by atoms with Crippen LogP contribution in [0.5, 0.6) is 0 Å². The van der Waals surface area contributed by atoms with Crippen LogP contribution in [0.1, 0.15) is 28.4 Å². The van der Waals surface area contributed by atoms with Gasteiger partial charge in [0.15, 0.2) is 6.17 Å². The summed E-state index contributed by atoms with van der Waals surface area (Å²) in [4.78, 5) is 10.7. The third-order valence-electron chi connectivity index (χ3n) is 12.7. The lowest BCUT2D eigenvalue weighted by atomic mass is 9.98. The molecule has 0 saturated carbocycles. The number of aliphatic imine (C=N–C) groups is 2. The maximum absolute atomic E-state index is 6.57. The van der Waals surface area contributed by atoms with Gasteiger partial charge in [-0.15, -0.1) is 0 Å². The van der Waals surface area contributed by atoms with Gasteiger partial charge in [0.2, 0.25) is 0 Å². The first-order valence-electron chi connectivity index (χ1n) is 21.7. The summed E-state index contributed by atoms with van der Waals surface area (Å²) in [6.07, 6.45) is -0.555. The first-order valence-corrected chi connectivity index (χ1v) is 21.7. The van der Waals surface area contributed by atoms with Crippen LogP contribution in [0.25, 0.3) is 93.6 Å². The van der Waals surface area contributed by atoms with E-state index < -0.39 is 6.17 Å². The number of furan rings is 2. The van der Waals surface area contributed by atoms with Crippen LogP contribution >= 0.6 is 0 Å². The number of fused-ring (bicyclic) bond motifs is 9. The highest BCUT2D eigenvalue weighted by atomic mass is 16.3. The highest BCUT2D eigenvalue weighted by Crippen LogP contribution is 2.41. The van der Waals surface area contributed by atoms with E-state index in [1.165, 1.54) is 27.4 Å². The Morgan fingerprint density at radius 2 is 1.02 bits per heavy atom. The van der Waals surface area contributed by atoms with Gasteiger partial charge < -0.3 is 18.7 Å². The number of amidine groups is 2. The van der Waals surface area contributed by atoms with Crippen molar-refractivity contribution in [1.29, 1.82) is 0 Å². The molecule has 1 aliphatic heterocycles. The zero-order valence-electron chi connectivity index (χ0n) is 34.8. The molecular formula is C58H38N4O2. The van der Waals surface area contributed by atoms with E-state index in [0.717, 1.165) is 94.3 Å². The Bertz CT molecular complexity index is 3870. The van der Waals surface area contributed by atoms with E-state index >= 15 is 0 Å². The molecule has 0 bridgehead atoms. The molecule has 6 heteroatoms. The number of hydrogen-bond donors (Lipinski definition) is 1. The Morgan fingerprint density at radius 1 is 0.406 bits per heavy atom. The SMILES string of the molecule is Cc1ccc(-c2ccc3oc4cc(C5=NC(c6cccc7oc8ccc(-c9ccc%10c%11ccccc%11n(-c%11ccccc%11)c%10c9)cc8c67)N=C(c6ccccc6)N5)ccc4c3c2)cc1. The Morgan fingerprint density at radius 3 is 1.84 bits per heavy atom. The number of benzene rings is 9. The number of rotatable bonds is 6. The first kappa shape index (κ1) is 36.2. The van der Waals surface area contributed by atoms with E-state index in [4.69, 9.17) is 18.8 Å². The molecule has 6 nitrogen and oxygen atoms in total. The molecule has 1 N–H and O–H groups in total. The lowest BCUT2D eigenvalue weighted by molar-refractivity contribution is 0.667. The molecule has 1 atom stereocenters. The minimum Gasteiger partial charge on any atom is -0.456 e. The Labute approximate surface area is 368 Å². The van der Waals surface area contributed by atoms with Gasteiger partial charge >= 0.3 is 0 Å². The van der Waals surface area contributed by atoms with Crippen molar-refractivity contribution in [3.05, 3.63) is 222 Å². The highest BCUT2D eigenvalue weighted by molar-refractivity contribution is 6.18.